The Kier molecular flexibility index (Phi) is 4.94. The zero-order chi connectivity index (χ0) is 14.4. The Morgan fingerprint density at radius 2 is 2.21 bits per heavy atom. The standard InChI is InChI=1S/C12H9F2NO4/c1-2-18-11(17)8-3-7(6-16)4-10(9(8)5-15)19-12(13)14/h3-4,6,12H,2H2,1H3. The summed E-state index contributed by atoms with van der Waals surface area (Å²) >= 11 is 0. The summed E-state index contributed by atoms with van der Waals surface area (Å²) in [6.45, 7) is -1.59. The summed E-state index contributed by atoms with van der Waals surface area (Å²) in [5.41, 5.74) is -0.758. The van der Waals surface area contributed by atoms with Crippen molar-refractivity contribution in [2.75, 3.05) is 6.61 Å². The number of alkyl halides is 2. The minimum atomic E-state index is -3.18. The van der Waals surface area contributed by atoms with Crippen LogP contribution in [0.15, 0.2) is 12.1 Å². The Balaban J connectivity index is 3.39. The molecule has 0 fully saturated rings. The largest absolute Gasteiger partial charge is 0.462 e. The first-order valence-electron chi connectivity index (χ1n) is 5.18. The van der Waals surface area contributed by atoms with E-state index in [9.17, 15) is 18.4 Å². The van der Waals surface area contributed by atoms with E-state index in [1.807, 2.05) is 0 Å². The van der Waals surface area contributed by atoms with Crippen molar-refractivity contribution < 1.29 is 27.8 Å². The van der Waals surface area contributed by atoms with Gasteiger partial charge in [0.15, 0.2) is 0 Å². The molecule has 1 rings (SSSR count). The number of carbonyl (C=O) groups excluding carboxylic acids is 2. The highest BCUT2D eigenvalue weighted by molar-refractivity contribution is 5.95. The Labute approximate surface area is 107 Å². The lowest BCUT2D eigenvalue weighted by molar-refractivity contribution is -0.0501. The molecule has 0 N–H and O–H groups in total. The topological polar surface area (TPSA) is 76.4 Å². The second kappa shape index (κ2) is 6.44. The second-order valence-corrected chi connectivity index (χ2v) is 3.27. The van der Waals surface area contributed by atoms with Crippen LogP contribution >= 0.6 is 0 Å². The van der Waals surface area contributed by atoms with E-state index >= 15 is 0 Å². The van der Waals surface area contributed by atoms with Gasteiger partial charge in [0, 0.05) is 5.56 Å². The van der Waals surface area contributed by atoms with Crippen LogP contribution < -0.4 is 4.74 Å². The number of hydrogen-bond donors (Lipinski definition) is 0. The van der Waals surface area contributed by atoms with Crippen molar-refractivity contribution in [3.05, 3.63) is 28.8 Å². The molecule has 19 heavy (non-hydrogen) atoms. The van der Waals surface area contributed by atoms with Crippen LogP contribution in [-0.4, -0.2) is 25.5 Å². The van der Waals surface area contributed by atoms with Gasteiger partial charge in [-0.25, -0.2) is 4.79 Å². The molecule has 0 aromatic heterocycles. The molecular weight excluding hydrogens is 260 g/mol. The van der Waals surface area contributed by atoms with Gasteiger partial charge in [0.2, 0.25) is 0 Å². The van der Waals surface area contributed by atoms with E-state index in [4.69, 9.17) is 5.26 Å². The quantitative estimate of drug-likeness (QED) is 0.604. The smallest absolute Gasteiger partial charge is 0.387 e. The number of benzene rings is 1. The van der Waals surface area contributed by atoms with Crippen LogP contribution in [0.4, 0.5) is 8.78 Å². The van der Waals surface area contributed by atoms with Gasteiger partial charge >= 0.3 is 12.6 Å². The Hall–Kier alpha value is -2.49. The van der Waals surface area contributed by atoms with Crippen LogP contribution in [0.3, 0.4) is 0 Å². The third-order valence-corrected chi connectivity index (χ3v) is 2.08. The van der Waals surface area contributed by atoms with Crippen molar-refractivity contribution in [2.24, 2.45) is 0 Å². The molecule has 0 aliphatic rings. The van der Waals surface area contributed by atoms with Crippen LogP contribution in [0.5, 0.6) is 5.75 Å². The van der Waals surface area contributed by atoms with Crippen molar-refractivity contribution in [1.29, 1.82) is 5.26 Å². The highest BCUT2D eigenvalue weighted by atomic mass is 19.3. The summed E-state index contributed by atoms with van der Waals surface area (Å²) in [7, 11) is 0. The van der Waals surface area contributed by atoms with Crippen molar-refractivity contribution >= 4 is 12.3 Å². The van der Waals surface area contributed by atoms with Crippen LogP contribution in [-0.2, 0) is 4.74 Å². The molecule has 5 nitrogen and oxygen atoms in total. The van der Waals surface area contributed by atoms with Gasteiger partial charge in [0.05, 0.1) is 12.2 Å². The zero-order valence-electron chi connectivity index (χ0n) is 9.85. The number of ether oxygens (including phenoxy) is 2. The van der Waals surface area contributed by atoms with Crippen molar-refractivity contribution in [3.8, 4) is 11.8 Å². The highest BCUT2D eigenvalue weighted by Gasteiger charge is 2.20. The number of carbonyl (C=O) groups is 2. The van der Waals surface area contributed by atoms with Gasteiger partial charge in [-0.05, 0) is 19.1 Å². The molecule has 7 heteroatoms. The number of hydrogen-bond acceptors (Lipinski definition) is 5. The Bertz CT molecular complexity index is 537. The molecule has 0 heterocycles. The van der Waals surface area contributed by atoms with Crippen molar-refractivity contribution in [2.45, 2.75) is 13.5 Å². The van der Waals surface area contributed by atoms with Crippen LogP contribution in [0, 0.1) is 11.3 Å². The van der Waals surface area contributed by atoms with Gasteiger partial charge < -0.3 is 9.47 Å². The molecule has 0 saturated carbocycles. The predicted octanol–water partition coefficient (Wildman–Crippen LogP) is 2.15. The highest BCUT2D eigenvalue weighted by Crippen LogP contribution is 2.26. The van der Waals surface area contributed by atoms with E-state index in [1.165, 1.54) is 0 Å². The molecule has 0 amide bonds. The fourth-order valence-corrected chi connectivity index (χ4v) is 1.38. The summed E-state index contributed by atoms with van der Waals surface area (Å²) in [4.78, 5) is 22.3. The first-order chi connectivity index (χ1) is 9.03. The van der Waals surface area contributed by atoms with E-state index in [0.717, 1.165) is 12.1 Å². The molecule has 0 saturated heterocycles. The van der Waals surface area contributed by atoms with Crippen LogP contribution in [0.25, 0.3) is 0 Å². The summed E-state index contributed by atoms with van der Waals surface area (Å²) in [5.74, 6) is -1.42. The van der Waals surface area contributed by atoms with Crippen molar-refractivity contribution in [3.63, 3.8) is 0 Å². The number of halogens is 2. The first-order valence-corrected chi connectivity index (χ1v) is 5.18. The second-order valence-electron chi connectivity index (χ2n) is 3.27. The van der Waals surface area contributed by atoms with Gasteiger partial charge in [-0.1, -0.05) is 0 Å². The maximum atomic E-state index is 12.2. The van der Waals surface area contributed by atoms with E-state index in [0.29, 0.717) is 6.29 Å². The van der Waals surface area contributed by atoms with E-state index < -0.39 is 23.9 Å². The lowest BCUT2D eigenvalue weighted by Crippen LogP contribution is -2.11. The van der Waals surface area contributed by atoms with Gasteiger partial charge in [-0.15, -0.1) is 0 Å². The average molecular weight is 269 g/mol. The molecule has 0 aliphatic carbocycles. The normalized spacial score (nSPS) is 9.84. The number of rotatable bonds is 5. The molecule has 0 unspecified atom stereocenters. The number of nitrogens with zero attached hydrogens (tertiary/aromatic N) is 1. The number of aldehydes is 1. The zero-order valence-corrected chi connectivity index (χ0v) is 9.85. The minimum absolute atomic E-state index is 0.0417. The summed E-state index contributed by atoms with van der Waals surface area (Å²) in [6.07, 6.45) is 0.349. The van der Waals surface area contributed by atoms with Gasteiger partial charge in [-0.2, -0.15) is 14.0 Å². The molecule has 0 atom stereocenters. The SMILES string of the molecule is CCOC(=O)c1cc(C=O)cc(OC(F)F)c1C#N. The summed E-state index contributed by atoms with van der Waals surface area (Å²) in [5, 5.41) is 8.92. The van der Waals surface area contributed by atoms with Crippen molar-refractivity contribution in [1.82, 2.24) is 0 Å². The molecule has 0 radical (unpaired) electrons. The fraction of sp³-hybridized carbons (Fsp3) is 0.250. The maximum absolute atomic E-state index is 12.2. The lowest BCUT2D eigenvalue weighted by atomic mass is 10.0. The first kappa shape index (κ1) is 14.6. The van der Waals surface area contributed by atoms with Crippen LogP contribution in [0.1, 0.15) is 33.2 Å². The summed E-state index contributed by atoms with van der Waals surface area (Å²) in [6, 6.07) is 3.63. The molecular formula is C12H9F2NO4. The van der Waals surface area contributed by atoms with Gasteiger partial charge in [0.1, 0.15) is 23.7 Å². The average Bonchev–Trinajstić information content (AvgIpc) is 2.37. The lowest BCUT2D eigenvalue weighted by Gasteiger charge is -2.10. The molecule has 0 bridgehead atoms. The molecule has 0 spiro atoms. The summed E-state index contributed by atoms with van der Waals surface area (Å²) < 4.78 is 33.2. The van der Waals surface area contributed by atoms with E-state index in [1.54, 1.807) is 13.0 Å². The van der Waals surface area contributed by atoms with E-state index in [2.05, 4.69) is 9.47 Å². The molecule has 100 valence electrons. The fourth-order valence-electron chi connectivity index (χ4n) is 1.38. The Morgan fingerprint density at radius 3 is 2.68 bits per heavy atom. The third-order valence-electron chi connectivity index (χ3n) is 2.08. The molecule has 1 aromatic rings. The van der Waals surface area contributed by atoms with Gasteiger partial charge in [-0.3, -0.25) is 4.79 Å². The number of nitriles is 1. The number of esters is 1. The predicted molar refractivity (Wildman–Crippen MR) is 59.1 cm³/mol. The van der Waals surface area contributed by atoms with Crippen LogP contribution in [0.2, 0.25) is 0 Å². The monoisotopic (exact) mass is 269 g/mol. The third kappa shape index (κ3) is 3.48. The molecule has 1 aromatic carbocycles. The van der Waals surface area contributed by atoms with Gasteiger partial charge in [0.25, 0.3) is 0 Å². The Morgan fingerprint density at radius 1 is 1.53 bits per heavy atom. The molecule has 0 aliphatic heterocycles. The minimum Gasteiger partial charge on any atom is -0.462 e. The van der Waals surface area contributed by atoms with E-state index in [-0.39, 0.29) is 17.7 Å². The maximum Gasteiger partial charge on any atom is 0.387 e.